The van der Waals surface area contributed by atoms with E-state index in [2.05, 4.69) is 35.6 Å². The third-order valence-electron chi connectivity index (χ3n) is 5.02. The van der Waals surface area contributed by atoms with Gasteiger partial charge >= 0.3 is 0 Å². The van der Waals surface area contributed by atoms with E-state index in [0.717, 1.165) is 12.8 Å². The molecule has 0 unspecified atom stereocenters. The molecule has 1 amide bonds. The molecule has 0 bridgehead atoms. The molecule has 0 atom stereocenters. The number of ether oxygens (including phenoxy) is 2. The second kappa shape index (κ2) is 6.37. The molecule has 0 aromatic heterocycles. The Hall–Kier alpha value is -3.01. The number of fused-ring (bicyclic) bond motifs is 1. The van der Waals surface area contributed by atoms with Crippen molar-refractivity contribution in [1.82, 2.24) is 5.32 Å². The van der Waals surface area contributed by atoms with Crippen molar-refractivity contribution in [3.8, 4) is 11.5 Å². The van der Waals surface area contributed by atoms with Crippen LogP contribution in [0.4, 0.5) is 0 Å². The number of hydrogen-bond acceptors (Lipinski definition) is 3. The third kappa shape index (κ3) is 2.88. The summed E-state index contributed by atoms with van der Waals surface area (Å²) in [6, 6.07) is 19.8. The fraction of sp³-hybridized carbons (Fsp3) is 0.227. The van der Waals surface area contributed by atoms with E-state index >= 15 is 0 Å². The zero-order valence-corrected chi connectivity index (χ0v) is 14.9. The van der Waals surface area contributed by atoms with E-state index in [1.54, 1.807) is 32.4 Å². The average Bonchev–Trinajstić information content (AvgIpc) is 3.47. The Morgan fingerprint density at radius 1 is 0.923 bits per heavy atom. The molecule has 4 nitrogen and oxygen atoms in total. The van der Waals surface area contributed by atoms with Gasteiger partial charge in [0, 0.05) is 11.6 Å². The molecule has 1 aliphatic rings. The lowest BCUT2D eigenvalue weighted by molar-refractivity contribution is 0.0930. The summed E-state index contributed by atoms with van der Waals surface area (Å²) in [6.45, 7) is 0. The van der Waals surface area contributed by atoms with E-state index < -0.39 is 0 Å². The van der Waals surface area contributed by atoms with Crippen LogP contribution in [0.2, 0.25) is 0 Å². The summed E-state index contributed by atoms with van der Waals surface area (Å²) >= 11 is 0. The van der Waals surface area contributed by atoms with Crippen LogP contribution in [0.25, 0.3) is 10.8 Å². The minimum atomic E-state index is -0.297. The van der Waals surface area contributed by atoms with Gasteiger partial charge in [-0.05, 0) is 41.3 Å². The fourth-order valence-electron chi connectivity index (χ4n) is 3.46. The standard InChI is InChI=1S/C22H21NO3/c1-25-17-12-16(13-18(14-17)26-2)21(24)23-22(10-11-22)20-9-5-7-15-6-3-4-8-19(15)20/h3-9,12-14H,10-11H2,1-2H3,(H,23,24). The molecular formula is C22H21NO3. The topological polar surface area (TPSA) is 47.6 Å². The lowest BCUT2D eigenvalue weighted by atomic mass is 9.96. The second-order valence-electron chi connectivity index (χ2n) is 6.66. The summed E-state index contributed by atoms with van der Waals surface area (Å²) in [5, 5.41) is 5.62. The average molecular weight is 347 g/mol. The quantitative estimate of drug-likeness (QED) is 0.749. The van der Waals surface area contributed by atoms with Gasteiger partial charge in [0.05, 0.1) is 19.8 Å². The molecule has 1 fully saturated rings. The first-order chi connectivity index (χ1) is 12.6. The highest BCUT2D eigenvalue weighted by Crippen LogP contribution is 2.48. The Labute approximate surface area is 152 Å². The van der Waals surface area contributed by atoms with Gasteiger partial charge in [0.1, 0.15) is 11.5 Å². The van der Waals surface area contributed by atoms with Gasteiger partial charge in [-0.2, -0.15) is 0 Å². The molecule has 132 valence electrons. The summed E-state index contributed by atoms with van der Waals surface area (Å²) in [5.74, 6) is 1.08. The minimum absolute atomic E-state index is 0.118. The molecule has 0 radical (unpaired) electrons. The maximum absolute atomic E-state index is 12.9. The highest BCUT2D eigenvalue weighted by atomic mass is 16.5. The first-order valence-electron chi connectivity index (χ1n) is 8.69. The zero-order valence-electron chi connectivity index (χ0n) is 14.9. The number of carbonyl (C=O) groups is 1. The Morgan fingerprint density at radius 3 is 2.23 bits per heavy atom. The number of amides is 1. The maximum Gasteiger partial charge on any atom is 0.252 e. The van der Waals surface area contributed by atoms with Gasteiger partial charge in [-0.15, -0.1) is 0 Å². The molecule has 3 aromatic carbocycles. The molecule has 4 heteroatoms. The van der Waals surface area contributed by atoms with Crippen LogP contribution in [0.1, 0.15) is 28.8 Å². The van der Waals surface area contributed by atoms with Gasteiger partial charge in [-0.1, -0.05) is 42.5 Å². The van der Waals surface area contributed by atoms with Crippen LogP contribution in [-0.2, 0) is 5.54 Å². The monoisotopic (exact) mass is 347 g/mol. The van der Waals surface area contributed by atoms with Gasteiger partial charge in [-0.3, -0.25) is 4.79 Å². The van der Waals surface area contributed by atoms with Crippen LogP contribution in [-0.4, -0.2) is 20.1 Å². The lowest BCUT2D eigenvalue weighted by Crippen LogP contribution is -2.35. The number of rotatable bonds is 5. The predicted octanol–water partition coefficient (Wildman–Crippen LogP) is 4.28. The molecule has 1 saturated carbocycles. The van der Waals surface area contributed by atoms with E-state index in [1.807, 2.05) is 12.1 Å². The third-order valence-corrected chi connectivity index (χ3v) is 5.02. The number of benzene rings is 3. The largest absolute Gasteiger partial charge is 0.497 e. The number of methoxy groups -OCH3 is 2. The highest BCUT2D eigenvalue weighted by Gasteiger charge is 2.46. The molecule has 0 aliphatic heterocycles. The first-order valence-corrected chi connectivity index (χ1v) is 8.69. The Bertz CT molecular complexity index is 949. The van der Waals surface area contributed by atoms with Crippen molar-refractivity contribution in [3.63, 3.8) is 0 Å². The first kappa shape index (κ1) is 16.5. The number of nitrogens with one attached hydrogen (secondary N) is 1. The Balaban J connectivity index is 1.67. The number of hydrogen-bond donors (Lipinski definition) is 1. The molecule has 0 saturated heterocycles. The van der Waals surface area contributed by atoms with E-state index in [4.69, 9.17) is 9.47 Å². The van der Waals surface area contributed by atoms with Crippen molar-refractivity contribution in [3.05, 3.63) is 71.8 Å². The highest BCUT2D eigenvalue weighted by molar-refractivity contribution is 5.97. The van der Waals surface area contributed by atoms with E-state index in [-0.39, 0.29) is 11.4 Å². The second-order valence-corrected chi connectivity index (χ2v) is 6.66. The normalized spacial score (nSPS) is 14.7. The summed E-state index contributed by atoms with van der Waals surface area (Å²) < 4.78 is 10.6. The minimum Gasteiger partial charge on any atom is -0.497 e. The van der Waals surface area contributed by atoms with Crippen LogP contribution >= 0.6 is 0 Å². The van der Waals surface area contributed by atoms with E-state index in [9.17, 15) is 4.79 Å². The molecule has 3 aromatic rings. The molecule has 1 aliphatic carbocycles. The van der Waals surface area contributed by atoms with Crippen LogP contribution in [0.15, 0.2) is 60.7 Å². The molecule has 0 spiro atoms. The SMILES string of the molecule is COc1cc(OC)cc(C(=O)NC2(c3cccc4ccccc34)CC2)c1. The fourth-order valence-corrected chi connectivity index (χ4v) is 3.46. The van der Waals surface area contributed by atoms with E-state index in [1.165, 1.54) is 16.3 Å². The van der Waals surface area contributed by atoms with E-state index in [0.29, 0.717) is 17.1 Å². The van der Waals surface area contributed by atoms with Crippen molar-refractivity contribution in [1.29, 1.82) is 0 Å². The maximum atomic E-state index is 12.9. The molecule has 4 rings (SSSR count). The van der Waals surface area contributed by atoms with Gasteiger partial charge in [-0.25, -0.2) is 0 Å². The van der Waals surface area contributed by atoms with Crippen molar-refractivity contribution >= 4 is 16.7 Å². The van der Waals surface area contributed by atoms with Crippen molar-refractivity contribution in [2.45, 2.75) is 18.4 Å². The van der Waals surface area contributed by atoms with Crippen LogP contribution in [0, 0.1) is 0 Å². The summed E-state index contributed by atoms with van der Waals surface area (Å²) in [4.78, 5) is 12.9. The molecule has 1 N–H and O–H groups in total. The van der Waals surface area contributed by atoms with Crippen LogP contribution in [0.5, 0.6) is 11.5 Å². The smallest absolute Gasteiger partial charge is 0.252 e. The lowest BCUT2D eigenvalue weighted by Gasteiger charge is -2.20. The van der Waals surface area contributed by atoms with Gasteiger partial charge in [0.15, 0.2) is 0 Å². The Morgan fingerprint density at radius 2 is 1.58 bits per heavy atom. The molecule has 26 heavy (non-hydrogen) atoms. The van der Waals surface area contributed by atoms with Crippen molar-refractivity contribution < 1.29 is 14.3 Å². The molecule has 0 heterocycles. The molecular weight excluding hydrogens is 326 g/mol. The number of carbonyl (C=O) groups excluding carboxylic acids is 1. The van der Waals surface area contributed by atoms with Gasteiger partial charge in [0.2, 0.25) is 0 Å². The van der Waals surface area contributed by atoms with Crippen molar-refractivity contribution in [2.24, 2.45) is 0 Å². The van der Waals surface area contributed by atoms with Crippen molar-refractivity contribution in [2.75, 3.05) is 14.2 Å². The van der Waals surface area contributed by atoms with Crippen LogP contribution < -0.4 is 14.8 Å². The van der Waals surface area contributed by atoms with Gasteiger partial charge < -0.3 is 14.8 Å². The predicted molar refractivity (Wildman–Crippen MR) is 102 cm³/mol. The summed E-state index contributed by atoms with van der Waals surface area (Å²) in [5.41, 5.74) is 1.42. The summed E-state index contributed by atoms with van der Waals surface area (Å²) in [7, 11) is 3.16. The summed E-state index contributed by atoms with van der Waals surface area (Å²) in [6.07, 6.45) is 1.88. The Kier molecular flexibility index (Phi) is 4.03. The zero-order chi connectivity index (χ0) is 18.1. The van der Waals surface area contributed by atoms with Gasteiger partial charge in [0.25, 0.3) is 5.91 Å². The van der Waals surface area contributed by atoms with Crippen LogP contribution in [0.3, 0.4) is 0 Å².